The molecule has 2 heterocycles. The fourth-order valence-electron chi connectivity index (χ4n) is 3.32. The van der Waals surface area contributed by atoms with Gasteiger partial charge in [-0.15, -0.1) is 12.4 Å². The summed E-state index contributed by atoms with van der Waals surface area (Å²) in [6.07, 6.45) is 4.30. The molecular formula is C16H30ClN3O3. The zero-order valence-electron chi connectivity index (χ0n) is 14.0. The molecular weight excluding hydrogens is 318 g/mol. The normalized spacial score (nSPS) is 20.6. The molecule has 0 aromatic rings. The molecule has 1 amide bonds. The van der Waals surface area contributed by atoms with E-state index in [0.717, 1.165) is 44.9 Å². The lowest BCUT2D eigenvalue weighted by molar-refractivity contribution is -0.144. The molecule has 0 unspecified atom stereocenters. The van der Waals surface area contributed by atoms with E-state index in [1.807, 2.05) is 0 Å². The molecule has 2 saturated heterocycles. The largest absolute Gasteiger partial charge is 0.465 e. The van der Waals surface area contributed by atoms with Crippen LogP contribution in [-0.2, 0) is 14.3 Å². The summed E-state index contributed by atoms with van der Waals surface area (Å²) in [5.41, 5.74) is 0. The van der Waals surface area contributed by atoms with Crippen LogP contribution in [0.4, 0.5) is 0 Å². The highest BCUT2D eigenvalue weighted by atomic mass is 35.5. The van der Waals surface area contributed by atoms with E-state index in [1.54, 1.807) is 6.92 Å². The fourth-order valence-corrected chi connectivity index (χ4v) is 3.32. The summed E-state index contributed by atoms with van der Waals surface area (Å²) in [5, 5.41) is 6.09. The Kier molecular flexibility index (Phi) is 9.52. The minimum absolute atomic E-state index is 0. The molecule has 0 radical (unpaired) electrons. The first kappa shape index (κ1) is 20.2. The molecule has 6 nitrogen and oxygen atoms in total. The number of hydrogen-bond donors (Lipinski definition) is 2. The maximum atomic E-state index is 12.1. The van der Waals surface area contributed by atoms with Crippen LogP contribution in [0.25, 0.3) is 0 Å². The maximum absolute atomic E-state index is 12.1. The fraction of sp³-hybridized carbons (Fsp3) is 0.875. The highest BCUT2D eigenvalue weighted by molar-refractivity contribution is 5.85. The Balaban J connectivity index is 0.00000264. The van der Waals surface area contributed by atoms with Gasteiger partial charge >= 0.3 is 5.97 Å². The SMILES string of the molecule is CCOC(=O)CNC(=O)C1CCN(CC2CCNCC2)CC1.Cl. The third-order valence-corrected chi connectivity index (χ3v) is 4.65. The maximum Gasteiger partial charge on any atom is 0.325 e. The van der Waals surface area contributed by atoms with Crippen LogP contribution in [0.15, 0.2) is 0 Å². The van der Waals surface area contributed by atoms with Crippen molar-refractivity contribution in [1.82, 2.24) is 15.5 Å². The van der Waals surface area contributed by atoms with Gasteiger partial charge in [0.25, 0.3) is 0 Å². The van der Waals surface area contributed by atoms with E-state index in [4.69, 9.17) is 4.74 Å². The number of carbonyl (C=O) groups is 2. The molecule has 0 aromatic carbocycles. The second kappa shape index (κ2) is 10.8. The van der Waals surface area contributed by atoms with Gasteiger partial charge in [-0.1, -0.05) is 0 Å². The highest BCUT2D eigenvalue weighted by Crippen LogP contribution is 2.20. The van der Waals surface area contributed by atoms with Crippen LogP contribution in [0.5, 0.6) is 0 Å². The molecule has 0 spiro atoms. The molecule has 2 aliphatic heterocycles. The topological polar surface area (TPSA) is 70.7 Å². The third kappa shape index (κ3) is 7.06. The quantitative estimate of drug-likeness (QED) is 0.695. The van der Waals surface area contributed by atoms with Crippen LogP contribution < -0.4 is 10.6 Å². The van der Waals surface area contributed by atoms with Crippen LogP contribution in [0.1, 0.15) is 32.6 Å². The number of hydrogen-bond acceptors (Lipinski definition) is 5. The molecule has 7 heteroatoms. The van der Waals surface area contributed by atoms with Gasteiger partial charge in [0.15, 0.2) is 0 Å². The number of halogens is 1. The molecule has 2 aliphatic rings. The number of rotatable bonds is 6. The van der Waals surface area contributed by atoms with Crippen LogP contribution >= 0.6 is 12.4 Å². The smallest absolute Gasteiger partial charge is 0.325 e. The van der Waals surface area contributed by atoms with E-state index in [-0.39, 0.29) is 36.7 Å². The molecule has 134 valence electrons. The van der Waals surface area contributed by atoms with Crippen molar-refractivity contribution in [2.24, 2.45) is 11.8 Å². The van der Waals surface area contributed by atoms with Crippen molar-refractivity contribution in [3.8, 4) is 0 Å². The first-order valence-electron chi connectivity index (χ1n) is 8.55. The number of amides is 1. The standard InChI is InChI=1S/C16H29N3O3.ClH/c1-2-22-15(20)11-18-16(21)14-5-9-19(10-6-14)12-13-3-7-17-8-4-13;/h13-14,17H,2-12H2,1H3,(H,18,21);1H. The Morgan fingerprint density at radius 3 is 2.43 bits per heavy atom. The van der Waals surface area contributed by atoms with Gasteiger partial charge in [0.05, 0.1) is 6.61 Å². The Hall–Kier alpha value is -0.850. The van der Waals surface area contributed by atoms with Crippen LogP contribution in [0.2, 0.25) is 0 Å². The average Bonchev–Trinajstić information content (AvgIpc) is 2.54. The molecule has 0 aliphatic carbocycles. The number of nitrogens with zero attached hydrogens (tertiary/aromatic N) is 1. The summed E-state index contributed by atoms with van der Waals surface area (Å²) < 4.78 is 4.81. The molecule has 0 saturated carbocycles. The predicted molar refractivity (Wildman–Crippen MR) is 91.6 cm³/mol. The molecule has 2 N–H and O–H groups in total. The Morgan fingerprint density at radius 1 is 1.17 bits per heavy atom. The van der Waals surface area contributed by atoms with E-state index in [2.05, 4.69) is 15.5 Å². The van der Waals surface area contributed by atoms with Gasteiger partial charge < -0.3 is 20.3 Å². The summed E-state index contributed by atoms with van der Waals surface area (Å²) in [4.78, 5) is 25.8. The number of ether oxygens (including phenoxy) is 1. The van der Waals surface area contributed by atoms with Crippen molar-refractivity contribution < 1.29 is 14.3 Å². The number of esters is 1. The van der Waals surface area contributed by atoms with E-state index < -0.39 is 0 Å². The lowest BCUT2D eigenvalue weighted by atomic mass is 9.93. The first-order valence-corrected chi connectivity index (χ1v) is 8.55. The van der Waals surface area contributed by atoms with Crippen molar-refractivity contribution in [1.29, 1.82) is 0 Å². The van der Waals surface area contributed by atoms with Gasteiger partial charge in [-0.2, -0.15) is 0 Å². The van der Waals surface area contributed by atoms with Crippen molar-refractivity contribution in [3.05, 3.63) is 0 Å². The lowest BCUT2D eigenvalue weighted by Gasteiger charge is -2.35. The van der Waals surface area contributed by atoms with Crippen molar-refractivity contribution in [2.75, 3.05) is 45.9 Å². The summed E-state index contributed by atoms with van der Waals surface area (Å²) in [5.74, 6) is 0.475. The summed E-state index contributed by atoms with van der Waals surface area (Å²) in [6.45, 7) is 7.51. The zero-order valence-corrected chi connectivity index (χ0v) is 14.8. The molecule has 0 aromatic heterocycles. The second-order valence-electron chi connectivity index (χ2n) is 6.29. The van der Waals surface area contributed by atoms with E-state index in [1.165, 1.54) is 19.4 Å². The molecule has 23 heavy (non-hydrogen) atoms. The van der Waals surface area contributed by atoms with E-state index >= 15 is 0 Å². The third-order valence-electron chi connectivity index (χ3n) is 4.65. The Bertz CT molecular complexity index is 368. The van der Waals surface area contributed by atoms with Gasteiger partial charge in [0, 0.05) is 12.5 Å². The van der Waals surface area contributed by atoms with Crippen molar-refractivity contribution >= 4 is 24.3 Å². The van der Waals surface area contributed by atoms with E-state index in [0.29, 0.717) is 6.61 Å². The predicted octanol–water partition coefficient (Wildman–Crippen LogP) is 0.799. The molecule has 0 bridgehead atoms. The van der Waals surface area contributed by atoms with Crippen molar-refractivity contribution in [2.45, 2.75) is 32.6 Å². The minimum Gasteiger partial charge on any atom is -0.465 e. The Labute approximate surface area is 145 Å². The monoisotopic (exact) mass is 347 g/mol. The van der Waals surface area contributed by atoms with Gasteiger partial charge in [-0.3, -0.25) is 9.59 Å². The summed E-state index contributed by atoms with van der Waals surface area (Å²) in [7, 11) is 0. The minimum atomic E-state index is -0.362. The number of piperidine rings is 2. The Morgan fingerprint density at radius 2 is 1.83 bits per heavy atom. The lowest BCUT2D eigenvalue weighted by Crippen LogP contribution is -2.44. The second-order valence-corrected chi connectivity index (χ2v) is 6.29. The summed E-state index contributed by atoms with van der Waals surface area (Å²) in [6, 6.07) is 0. The molecule has 2 rings (SSSR count). The van der Waals surface area contributed by atoms with Crippen LogP contribution in [0.3, 0.4) is 0 Å². The number of likely N-dealkylation sites (tertiary alicyclic amines) is 1. The van der Waals surface area contributed by atoms with Crippen LogP contribution in [-0.4, -0.2) is 62.7 Å². The van der Waals surface area contributed by atoms with Gasteiger partial charge in [0.1, 0.15) is 6.54 Å². The van der Waals surface area contributed by atoms with Gasteiger partial charge in [-0.25, -0.2) is 0 Å². The molecule has 0 atom stereocenters. The molecule has 2 fully saturated rings. The zero-order chi connectivity index (χ0) is 15.8. The van der Waals surface area contributed by atoms with Gasteiger partial charge in [-0.05, 0) is 64.7 Å². The van der Waals surface area contributed by atoms with Crippen molar-refractivity contribution in [3.63, 3.8) is 0 Å². The summed E-state index contributed by atoms with van der Waals surface area (Å²) >= 11 is 0. The number of carbonyl (C=O) groups excluding carboxylic acids is 2. The highest BCUT2D eigenvalue weighted by Gasteiger charge is 2.26. The van der Waals surface area contributed by atoms with Gasteiger partial charge in [0.2, 0.25) is 5.91 Å². The average molecular weight is 348 g/mol. The first-order chi connectivity index (χ1) is 10.7. The number of nitrogens with one attached hydrogen (secondary N) is 2. The van der Waals surface area contributed by atoms with Crippen LogP contribution in [0, 0.1) is 11.8 Å². The van der Waals surface area contributed by atoms with E-state index in [9.17, 15) is 9.59 Å².